The molecular formula is C19H20ClN3OS. The second-order valence-electron chi connectivity index (χ2n) is 6.13. The van der Waals surface area contributed by atoms with E-state index in [1.165, 1.54) is 12.8 Å². The lowest BCUT2D eigenvalue weighted by atomic mass is 10.1. The minimum atomic E-state index is -0.239. The van der Waals surface area contributed by atoms with Crippen LogP contribution >= 0.6 is 23.8 Å². The van der Waals surface area contributed by atoms with E-state index in [1.54, 1.807) is 12.1 Å². The minimum Gasteiger partial charge on any atom is -0.370 e. The first-order chi connectivity index (χ1) is 12.0. The SMILES string of the molecule is Cc1ccc(C(=O)NC(=S)Nc2ccc(N3CCCC3)c(Cl)c2)cc1. The summed E-state index contributed by atoms with van der Waals surface area (Å²) in [6.45, 7) is 4.05. The van der Waals surface area contributed by atoms with Crippen molar-refractivity contribution in [3.8, 4) is 0 Å². The predicted octanol–water partition coefficient (Wildman–Crippen LogP) is 4.38. The molecule has 2 aromatic carbocycles. The number of nitrogens with zero attached hydrogens (tertiary/aromatic N) is 1. The second kappa shape index (κ2) is 7.85. The summed E-state index contributed by atoms with van der Waals surface area (Å²) in [5.74, 6) is -0.239. The van der Waals surface area contributed by atoms with Crippen LogP contribution in [-0.4, -0.2) is 24.1 Å². The van der Waals surface area contributed by atoms with E-state index in [2.05, 4.69) is 15.5 Å². The summed E-state index contributed by atoms with van der Waals surface area (Å²) < 4.78 is 0. The highest BCUT2D eigenvalue weighted by atomic mass is 35.5. The molecule has 2 aromatic rings. The van der Waals surface area contributed by atoms with E-state index in [9.17, 15) is 4.79 Å². The Labute approximate surface area is 158 Å². The van der Waals surface area contributed by atoms with Gasteiger partial charge in [0.2, 0.25) is 0 Å². The van der Waals surface area contributed by atoms with Gasteiger partial charge < -0.3 is 10.2 Å². The lowest BCUT2D eigenvalue weighted by Crippen LogP contribution is -2.34. The molecule has 1 amide bonds. The molecule has 0 saturated carbocycles. The number of hydrogen-bond acceptors (Lipinski definition) is 3. The van der Waals surface area contributed by atoms with Crippen molar-refractivity contribution in [3.05, 3.63) is 58.6 Å². The predicted molar refractivity (Wildman–Crippen MR) is 108 cm³/mol. The highest BCUT2D eigenvalue weighted by Crippen LogP contribution is 2.31. The molecule has 0 radical (unpaired) electrons. The molecule has 3 rings (SSSR count). The van der Waals surface area contributed by atoms with E-state index >= 15 is 0 Å². The maximum absolute atomic E-state index is 12.2. The molecule has 0 unspecified atom stereocenters. The molecule has 0 atom stereocenters. The molecule has 6 heteroatoms. The monoisotopic (exact) mass is 373 g/mol. The molecule has 25 heavy (non-hydrogen) atoms. The van der Waals surface area contributed by atoms with Gasteiger partial charge in [0, 0.05) is 24.3 Å². The molecule has 4 nitrogen and oxygen atoms in total. The van der Waals surface area contributed by atoms with Crippen LogP contribution in [0, 0.1) is 6.92 Å². The highest BCUT2D eigenvalue weighted by molar-refractivity contribution is 7.80. The molecule has 130 valence electrons. The quantitative estimate of drug-likeness (QED) is 0.784. The molecule has 1 heterocycles. The Balaban J connectivity index is 1.61. The Hall–Kier alpha value is -2.11. The summed E-state index contributed by atoms with van der Waals surface area (Å²) in [6.07, 6.45) is 2.40. The third-order valence-electron chi connectivity index (χ3n) is 4.19. The van der Waals surface area contributed by atoms with Crippen molar-refractivity contribution in [3.63, 3.8) is 0 Å². The van der Waals surface area contributed by atoms with Crippen LogP contribution in [-0.2, 0) is 0 Å². The molecule has 1 aliphatic heterocycles. The fourth-order valence-corrected chi connectivity index (χ4v) is 3.35. The van der Waals surface area contributed by atoms with Crippen molar-refractivity contribution >= 4 is 46.2 Å². The Kier molecular flexibility index (Phi) is 5.56. The summed E-state index contributed by atoms with van der Waals surface area (Å²) in [5.41, 5.74) is 3.46. The van der Waals surface area contributed by atoms with Gasteiger partial charge in [0.05, 0.1) is 10.7 Å². The van der Waals surface area contributed by atoms with Gasteiger partial charge in [-0.3, -0.25) is 10.1 Å². The summed E-state index contributed by atoms with van der Waals surface area (Å²) in [4.78, 5) is 14.5. The van der Waals surface area contributed by atoms with Crippen LogP contribution in [0.4, 0.5) is 11.4 Å². The Morgan fingerprint density at radius 3 is 2.44 bits per heavy atom. The largest absolute Gasteiger partial charge is 0.370 e. The molecule has 0 spiro atoms. The van der Waals surface area contributed by atoms with Gasteiger partial charge in [-0.2, -0.15) is 0 Å². The van der Waals surface area contributed by atoms with Gasteiger partial charge in [0.15, 0.2) is 5.11 Å². The topological polar surface area (TPSA) is 44.4 Å². The molecule has 0 aromatic heterocycles. The van der Waals surface area contributed by atoms with E-state index in [-0.39, 0.29) is 11.0 Å². The number of amides is 1. The molecule has 1 saturated heterocycles. The van der Waals surface area contributed by atoms with Gasteiger partial charge in [-0.25, -0.2) is 0 Å². The Morgan fingerprint density at radius 2 is 1.80 bits per heavy atom. The number of carbonyl (C=O) groups is 1. The highest BCUT2D eigenvalue weighted by Gasteiger charge is 2.15. The number of anilines is 2. The van der Waals surface area contributed by atoms with Crippen LogP contribution in [0.3, 0.4) is 0 Å². The molecule has 0 bridgehead atoms. The first kappa shape index (κ1) is 17.7. The molecule has 2 N–H and O–H groups in total. The van der Waals surface area contributed by atoms with Crippen molar-refractivity contribution in [1.29, 1.82) is 0 Å². The molecule has 1 fully saturated rings. The lowest BCUT2D eigenvalue weighted by molar-refractivity contribution is 0.0977. The number of carbonyl (C=O) groups excluding carboxylic acids is 1. The van der Waals surface area contributed by atoms with Crippen molar-refractivity contribution < 1.29 is 4.79 Å². The summed E-state index contributed by atoms with van der Waals surface area (Å²) in [5, 5.41) is 6.62. The van der Waals surface area contributed by atoms with E-state index in [4.69, 9.17) is 23.8 Å². The van der Waals surface area contributed by atoms with Gasteiger partial charge in [-0.05, 0) is 62.3 Å². The summed E-state index contributed by atoms with van der Waals surface area (Å²) in [6, 6.07) is 13.1. The number of rotatable bonds is 3. The van der Waals surface area contributed by atoms with E-state index < -0.39 is 0 Å². The van der Waals surface area contributed by atoms with Gasteiger partial charge in [0.1, 0.15) is 0 Å². The van der Waals surface area contributed by atoms with Crippen molar-refractivity contribution in [2.45, 2.75) is 19.8 Å². The van der Waals surface area contributed by atoms with Crippen LogP contribution in [0.1, 0.15) is 28.8 Å². The Morgan fingerprint density at radius 1 is 1.12 bits per heavy atom. The first-order valence-electron chi connectivity index (χ1n) is 8.26. The zero-order valence-electron chi connectivity index (χ0n) is 14.0. The van der Waals surface area contributed by atoms with Crippen LogP contribution in [0.5, 0.6) is 0 Å². The first-order valence-corrected chi connectivity index (χ1v) is 9.05. The van der Waals surface area contributed by atoms with Crippen molar-refractivity contribution in [2.24, 2.45) is 0 Å². The minimum absolute atomic E-state index is 0.239. The number of thiocarbonyl (C=S) groups is 1. The Bertz CT molecular complexity index is 786. The van der Waals surface area contributed by atoms with Gasteiger partial charge in [0.25, 0.3) is 5.91 Å². The summed E-state index contributed by atoms with van der Waals surface area (Å²) in [7, 11) is 0. The number of hydrogen-bond donors (Lipinski definition) is 2. The normalized spacial score (nSPS) is 13.6. The number of aryl methyl sites for hydroxylation is 1. The van der Waals surface area contributed by atoms with Crippen molar-refractivity contribution in [1.82, 2.24) is 5.32 Å². The third kappa shape index (κ3) is 4.50. The maximum atomic E-state index is 12.2. The summed E-state index contributed by atoms with van der Waals surface area (Å²) >= 11 is 11.6. The van der Waals surface area contributed by atoms with Gasteiger partial charge in [-0.1, -0.05) is 29.3 Å². The van der Waals surface area contributed by atoms with Gasteiger partial charge >= 0.3 is 0 Å². The van der Waals surface area contributed by atoms with Crippen molar-refractivity contribution in [2.75, 3.05) is 23.3 Å². The second-order valence-corrected chi connectivity index (χ2v) is 6.95. The zero-order chi connectivity index (χ0) is 17.8. The third-order valence-corrected chi connectivity index (χ3v) is 4.70. The average Bonchev–Trinajstić information content (AvgIpc) is 3.09. The van der Waals surface area contributed by atoms with Crippen LogP contribution < -0.4 is 15.5 Å². The van der Waals surface area contributed by atoms with E-state index in [0.29, 0.717) is 10.6 Å². The molecular weight excluding hydrogens is 354 g/mol. The van der Waals surface area contributed by atoms with E-state index in [0.717, 1.165) is 30.0 Å². The van der Waals surface area contributed by atoms with Crippen LogP contribution in [0.15, 0.2) is 42.5 Å². The van der Waals surface area contributed by atoms with Crippen LogP contribution in [0.2, 0.25) is 5.02 Å². The zero-order valence-corrected chi connectivity index (χ0v) is 15.6. The number of nitrogens with one attached hydrogen (secondary N) is 2. The number of benzene rings is 2. The average molecular weight is 374 g/mol. The fraction of sp³-hybridized carbons (Fsp3) is 0.263. The maximum Gasteiger partial charge on any atom is 0.257 e. The standard InChI is InChI=1S/C19H20ClN3OS/c1-13-4-6-14(7-5-13)18(24)22-19(25)21-15-8-9-17(16(20)12-15)23-10-2-3-11-23/h4-9,12H,2-3,10-11H2,1H3,(H2,21,22,24,25). The number of halogens is 1. The molecule has 0 aliphatic carbocycles. The van der Waals surface area contributed by atoms with E-state index in [1.807, 2.05) is 37.3 Å². The smallest absolute Gasteiger partial charge is 0.257 e. The fourth-order valence-electron chi connectivity index (χ4n) is 2.84. The van der Waals surface area contributed by atoms with Gasteiger partial charge in [-0.15, -0.1) is 0 Å². The van der Waals surface area contributed by atoms with Crippen LogP contribution in [0.25, 0.3) is 0 Å². The molecule has 1 aliphatic rings. The lowest BCUT2D eigenvalue weighted by Gasteiger charge is -2.20.